The van der Waals surface area contributed by atoms with Crippen molar-refractivity contribution in [3.63, 3.8) is 0 Å². The molecule has 0 aromatic heterocycles. The van der Waals surface area contributed by atoms with Crippen molar-refractivity contribution < 1.29 is 13.9 Å². The van der Waals surface area contributed by atoms with Gasteiger partial charge in [-0.15, -0.1) is 0 Å². The molecule has 0 spiro atoms. The molecular formula is C20H23BrFN3O2. The first-order chi connectivity index (χ1) is 12.9. The predicted molar refractivity (Wildman–Crippen MR) is 109 cm³/mol. The molecule has 2 aromatic carbocycles. The topological polar surface area (TPSA) is 44.8 Å². The minimum atomic E-state index is -0.521. The summed E-state index contributed by atoms with van der Waals surface area (Å²) in [5.74, 6) is -0.402. The van der Waals surface area contributed by atoms with E-state index in [4.69, 9.17) is 4.74 Å². The zero-order chi connectivity index (χ0) is 19.6. The number of methoxy groups -OCH3 is 1. The van der Waals surface area contributed by atoms with E-state index in [2.05, 4.69) is 38.1 Å². The fourth-order valence-electron chi connectivity index (χ4n) is 3.08. The summed E-state index contributed by atoms with van der Waals surface area (Å²) in [7, 11) is 3.60. The molecule has 27 heavy (non-hydrogen) atoms. The predicted octanol–water partition coefficient (Wildman–Crippen LogP) is 3.91. The Morgan fingerprint density at radius 3 is 2.52 bits per heavy atom. The van der Waals surface area contributed by atoms with Crippen LogP contribution < -0.4 is 15.0 Å². The van der Waals surface area contributed by atoms with Crippen molar-refractivity contribution in [1.29, 1.82) is 0 Å². The van der Waals surface area contributed by atoms with E-state index in [0.717, 1.165) is 41.9 Å². The van der Waals surface area contributed by atoms with Crippen LogP contribution in [0.4, 0.5) is 15.8 Å². The first kappa shape index (κ1) is 19.6. The highest BCUT2D eigenvalue weighted by molar-refractivity contribution is 9.10. The van der Waals surface area contributed by atoms with Crippen molar-refractivity contribution >= 4 is 33.2 Å². The lowest BCUT2D eigenvalue weighted by Crippen LogP contribution is -2.44. The third kappa shape index (κ3) is 4.42. The van der Waals surface area contributed by atoms with Crippen molar-refractivity contribution in [1.82, 2.24) is 4.90 Å². The van der Waals surface area contributed by atoms with Crippen molar-refractivity contribution in [2.24, 2.45) is 0 Å². The Bertz CT molecular complexity index is 851. The molecule has 0 atom stereocenters. The van der Waals surface area contributed by atoms with Gasteiger partial charge in [0.25, 0.3) is 5.91 Å². The molecule has 144 valence electrons. The molecule has 1 heterocycles. The number of carbonyl (C=O) groups excluding carboxylic acids is 1. The average Bonchev–Trinajstić information content (AvgIpc) is 2.66. The van der Waals surface area contributed by atoms with E-state index in [-0.39, 0.29) is 11.6 Å². The lowest BCUT2D eigenvalue weighted by molar-refractivity contribution is 0.102. The van der Waals surface area contributed by atoms with Crippen LogP contribution in [0.15, 0.2) is 34.8 Å². The van der Waals surface area contributed by atoms with E-state index >= 15 is 0 Å². The van der Waals surface area contributed by atoms with Gasteiger partial charge in [0.2, 0.25) is 0 Å². The van der Waals surface area contributed by atoms with Gasteiger partial charge in [0.1, 0.15) is 5.75 Å². The molecule has 5 nitrogen and oxygen atoms in total. The zero-order valence-electron chi connectivity index (χ0n) is 15.7. The summed E-state index contributed by atoms with van der Waals surface area (Å²) in [6.07, 6.45) is 0. The number of amides is 1. The van der Waals surface area contributed by atoms with Crippen LogP contribution in [0.2, 0.25) is 0 Å². The highest BCUT2D eigenvalue weighted by Crippen LogP contribution is 2.34. The van der Waals surface area contributed by atoms with E-state index in [0.29, 0.717) is 11.3 Å². The number of ether oxygens (including phenoxy) is 1. The van der Waals surface area contributed by atoms with Crippen molar-refractivity contribution in [2.45, 2.75) is 6.92 Å². The van der Waals surface area contributed by atoms with Gasteiger partial charge in [0.15, 0.2) is 5.82 Å². The Labute approximate surface area is 167 Å². The van der Waals surface area contributed by atoms with E-state index in [9.17, 15) is 9.18 Å². The molecule has 1 fully saturated rings. The van der Waals surface area contributed by atoms with E-state index < -0.39 is 5.82 Å². The van der Waals surface area contributed by atoms with Gasteiger partial charge >= 0.3 is 0 Å². The Kier molecular flexibility index (Phi) is 6.01. The van der Waals surface area contributed by atoms with Gasteiger partial charge in [-0.05, 0) is 43.8 Å². The first-order valence-electron chi connectivity index (χ1n) is 8.77. The first-order valence-corrected chi connectivity index (χ1v) is 9.57. The number of rotatable bonds is 4. The summed E-state index contributed by atoms with van der Waals surface area (Å²) < 4.78 is 20.8. The normalized spacial score (nSPS) is 14.9. The maximum atomic E-state index is 14.5. The molecule has 1 aliphatic rings. The second-order valence-electron chi connectivity index (χ2n) is 6.71. The summed E-state index contributed by atoms with van der Waals surface area (Å²) in [6, 6.07) is 8.26. The van der Waals surface area contributed by atoms with Crippen LogP contribution in [-0.2, 0) is 0 Å². The van der Waals surface area contributed by atoms with Gasteiger partial charge in [0.05, 0.1) is 18.5 Å². The molecule has 1 saturated heterocycles. The number of aryl methyl sites for hydroxylation is 1. The van der Waals surface area contributed by atoms with Gasteiger partial charge in [-0.3, -0.25) is 4.79 Å². The number of likely N-dealkylation sites (N-methyl/N-ethyl adjacent to an activating group) is 1. The third-order valence-corrected chi connectivity index (χ3v) is 5.67. The minimum absolute atomic E-state index is 0.148. The van der Waals surface area contributed by atoms with Crippen LogP contribution in [0, 0.1) is 12.7 Å². The van der Waals surface area contributed by atoms with E-state index in [1.54, 1.807) is 18.2 Å². The van der Waals surface area contributed by atoms with Crippen molar-refractivity contribution in [3.8, 4) is 5.75 Å². The highest BCUT2D eigenvalue weighted by atomic mass is 79.9. The lowest BCUT2D eigenvalue weighted by atomic mass is 10.1. The molecule has 3 rings (SSSR count). The minimum Gasteiger partial charge on any atom is -0.494 e. The third-order valence-electron chi connectivity index (χ3n) is 4.78. The molecule has 2 aromatic rings. The zero-order valence-corrected chi connectivity index (χ0v) is 17.3. The van der Waals surface area contributed by atoms with E-state index in [1.807, 2.05) is 13.0 Å². The van der Waals surface area contributed by atoms with Gasteiger partial charge in [0, 0.05) is 42.3 Å². The highest BCUT2D eigenvalue weighted by Gasteiger charge is 2.21. The maximum absolute atomic E-state index is 14.5. The van der Waals surface area contributed by atoms with Gasteiger partial charge in [-0.1, -0.05) is 15.9 Å². The number of piperazine rings is 1. The fourth-order valence-corrected chi connectivity index (χ4v) is 3.32. The number of halogens is 2. The molecular weight excluding hydrogens is 413 g/mol. The maximum Gasteiger partial charge on any atom is 0.255 e. The largest absolute Gasteiger partial charge is 0.494 e. The number of carbonyl (C=O) groups is 1. The van der Waals surface area contributed by atoms with Crippen LogP contribution in [0.1, 0.15) is 15.9 Å². The lowest BCUT2D eigenvalue weighted by Gasteiger charge is -2.35. The van der Waals surface area contributed by atoms with Crippen LogP contribution >= 0.6 is 15.9 Å². The Morgan fingerprint density at radius 1 is 1.19 bits per heavy atom. The second kappa shape index (κ2) is 8.27. The molecule has 0 aliphatic carbocycles. The molecule has 0 radical (unpaired) electrons. The monoisotopic (exact) mass is 435 g/mol. The molecule has 1 N–H and O–H groups in total. The number of benzene rings is 2. The molecule has 7 heteroatoms. The number of nitrogens with zero attached hydrogens (tertiary/aromatic N) is 2. The second-order valence-corrected chi connectivity index (χ2v) is 7.57. The Morgan fingerprint density at radius 2 is 1.89 bits per heavy atom. The quantitative estimate of drug-likeness (QED) is 0.790. The summed E-state index contributed by atoms with van der Waals surface area (Å²) in [4.78, 5) is 17.0. The van der Waals surface area contributed by atoms with E-state index in [1.165, 1.54) is 13.2 Å². The van der Waals surface area contributed by atoms with Crippen LogP contribution in [0.3, 0.4) is 0 Å². The SMILES string of the molecule is COc1cc(F)c(NC(=O)c2ccc(Br)c(C)c2)cc1N1CCN(C)CC1. The number of hydrogen-bond donors (Lipinski definition) is 1. The van der Waals surface area contributed by atoms with Crippen molar-refractivity contribution in [3.05, 3.63) is 51.7 Å². The summed E-state index contributed by atoms with van der Waals surface area (Å²) in [5, 5.41) is 2.69. The number of nitrogens with one attached hydrogen (secondary N) is 1. The fraction of sp³-hybridized carbons (Fsp3) is 0.350. The standard InChI is InChI=1S/C20H23BrFN3O2/c1-13-10-14(4-5-15(13)21)20(26)23-17-12-18(19(27-3)11-16(17)22)25-8-6-24(2)7-9-25/h4-5,10-12H,6-9H2,1-3H3,(H,23,26). The summed E-state index contributed by atoms with van der Waals surface area (Å²) >= 11 is 3.42. The average molecular weight is 436 g/mol. The molecule has 1 amide bonds. The Balaban J connectivity index is 1.87. The van der Waals surface area contributed by atoms with Gasteiger partial charge in [-0.25, -0.2) is 4.39 Å². The van der Waals surface area contributed by atoms with Crippen LogP contribution in [0.5, 0.6) is 5.75 Å². The van der Waals surface area contributed by atoms with Crippen LogP contribution in [0.25, 0.3) is 0 Å². The number of hydrogen-bond acceptors (Lipinski definition) is 4. The van der Waals surface area contributed by atoms with Gasteiger partial charge < -0.3 is 19.9 Å². The van der Waals surface area contributed by atoms with Crippen molar-refractivity contribution in [2.75, 3.05) is 50.6 Å². The summed E-state index contributed by atoms with van der Waals surface area (Å²) in [6.45, 7) is 5.37. The number of anilines is 2. The Hall–Kier alpha value is -2.12. The molecule has 0 unspecified atom stereocenters. The smallest absolute Gasteiger partial charge is 0.255 e. The molecule has 1 aliphatic heterocycles. The summed E-state index contributed by atoms with van der Waals surface area (Å²) in [5.41, 5.74) is 2.35. The van der Waals surface area contributed by atoms with Gasteiger partial charge in [-0.2, -0.15) is 0 Å². The molecule has 0 saturated carbocycles. The molecule has 0 bridgehead atoms. The van der Waals surface area contributed by atoms with Crippen LogP contribution in [-0.4, -0.2) is 51.1 Å².